The van der Waals surface area contributed by atoms with Crippen molar-refractivity contribution in [1.29, 1.82) is 0 Å². The highest BCUT2D eigenvalue weighted by molar-refractivity contribution is 5.98. The number of para-hydroxylation sites is 1. The molecule has 0 aliphatic carbocycles. The highest BCUT2D eigenvalue weighted by atomic mass is 16.4. The minimum Gasteiger partial charge on any atom is -0.478 e. The molecule has 0 unspecified atom stereocenters. The lowest BCUT2D eigenvalue weighted by Gasteiger charge is -2.12. The predicted octanol–water partition coefficient (Wildman–Crippen LogP) is 3.27. The topological polar surface area (TPSA) is 75.3 Å². The molecule has 0 aliphatic heterocycles. The maximum absolute atomic E-state index is 11.2. The number of nitrogens with one attached hydrogen (secondary N) is 1. The van der Waals surface area contributed by atoms with Gasteiger partial charge in [0.25, 0.3) is 0 Å². The lowest BCUT2D eigenvalue weighted by Crippen LogP contribution is -2.05. The van der Waals surface area contributed by atoms with Crippen molar-refractivity contribution in [2.75, 3.05) is 11.1 Å². The highest BCUT2D eigenvalue weighted by Gasteiger charge is 2.12. The number of hydrogen-bond donors (Lipinski definition) is 3. The quantitative estimate of drug-likeness (QED) is 0.734. The van der Waals surface area contributed by atoms with Crippen LogP contribution in [0.25, 0.3) is 0 Å². The number of benzene rings is 2. The number of carbonyl (C=O) groups is 1. The van der Waals surface area contributed by atoms with Crippen molar-refractivity contribution in [3.05, 3.63) is 53.6 Å². The van der Waals surface area contributed by atoms with E-state index in [1.807, 2.05) is 24.3 Å². The standard InChI is InChI=1S/C15H16N2O2/c1-2-10-6-8-11(9-7-10)17-14-12(15(18)19)4-3-5-13(14)16/h3-9,17H,2,16H2,1H3,(H,18,19). The summed E-state index contributed by atoms with van der Waals surface area (Å²) in [5, 5.41) is 12.2. The molecule has 0 radical (unpaired) electrons. The third-order valence-corrected chi connectivity index (χ3v) is 2.96. The molecular formula is C15H16N2O2. The molecule has 0 heterocycles. The van der Waals surface area contributed by atoms with E-state index in [0.717, 1.165) is 12.1 Å². The van der Waals surface area contributed by atoms with E-state index in [-0.39, 0.29) is 5.56 Å². The summed E-state index contributed by atoms with van der Waals surface area (Å²) in [5.74, 6) is -1.00. The van der Waals surface area contributed by atoms with E-state index in [4.69, 9.17) is 10.8 Å². The number of hydrogen-bond acceptors (Lipinski definition) is 3. The zero-order valence-corrected chi connectivity index (χ0v) is 10.7. The molecule has 19 heavy (non-hydrogen) atoms. The van der Waals surface area contributed by atoms with Crippen LogP contribution in [-0.2, 0) is 6.42 Å². The molecule has 0 spiro atoms. The summed E-state index contributed by atoms with van der Waals surface area (Å²) in [5.41, 5.74) is 8.89. The van der Waals surface area contributed by atoms with Crippen molar-refractivity contribution in [1.82, 2.24) is 0 Å². The van der Waals surface area contributed by atoms with Gasteiger partial charge in [-0.3, -0.25) is 0 Å². The molecule has 4 nitrogen and oxygen atoms in total. The molecule has 0 saturated carbocycles. The molecule has 0 amide bonds. The molecule has 98 valence electrons. The lowest BCUT2D eigenvalue weighted by atomic mass is 10.1. The van der Waals surface area contributed by atoms with Crippen LogP contribution >= 0.6 is 0 Å². The molecule has 0 aliphatic rings. The molecule has 0 aromatic heterocycles. The second kappa shape index (κ2) is 5.44. The van der Waals surface area contributed by atoms with Gasteiger partial charge in [0.1, 0.15) is 0 Å². The van der Waals surface area contributed by atoms with Crippen LogP contribution in [0.1, 0.15) is 22.8 Å². The first-order chi connectivity index (χ1) is 9.11. The molecule has 0 bridgehead atoms. The molecule has 0 atom stereocenters. The van der Waals surface area contributed by atoms with Gasteiger partial charge in [-0.2, -0.15) is 0 Å². The molecule has 4 N–H and O–H groups in total. The smallest absolute Gasteiger partial charge is 0.337 e. The van der Waals surface area contributed by atoms with Crippen molar-refractivity contribution in [3.8, 4) is 0 Å². The van der Waals surface area contributed by atoms with Crippen molar-refractivity contribution in [2.45, 2.75) is 13.3 Å². The Bertz CT molecular complexity index is 592. The summed E-state index contributed by atoms with van der Waals surface area (Å²) in [6.45, 7) is 2.08. The van der Waals surface area contributed by atoms with E-state index < -0.39 is 5.97 Å². The fourth-order valence-corrected chi connectivity index (χ4v) is 1.86. The van der Waals surface area contributed by atoms with Crippen LogP contribution in [0.5, 0.6) is 0 Å². The Kier molecular flexibility index (Phi) is 3.71. The summed E-state index contributed by atoms with van der Waals surface area (Å²) >= 11 is 0. The zero-order valence-electron chi connectivity index (χ0n) is 10.7. The summed E-state index contributed by atoms with van der Waals surface area (Å²) in [4.78, 5) is 11.2. The van der Waals surface area contributed by atoms with Gasteiger partial charge < -0.3 is 16.2 Å². The molecule has 2 rings (SSSR count). The van der Waals surface area contributed by atoms with Crippen molar-refractivity contribution >= 4 is 23.0 Å². The first-order valence-corrected chi connectivity index (χ1v) is 6.09. The van der Waals surface area contributed by atoms with Crippen LogP contribution in [0.3, 0.4) is 0 Å². The van der Waals surface area contributed by atoms with E-state index in [9.17, 15) is 4.79 Å². The Balaban J connectivity index is 2.34. The monoisotopic (exact) mass is 256 g/mol. The minimum atomic E-state index is -1.00. The van der Waals surface area contributed by atoms with Gasteiger partial charge in [-0.15, -0.1) is 0 Å². The minimum absolute atomic E-state index is 0.166. The van der Waals surface area contributed by atoms with Gasteiger partial charge in [0.05, 0.1) is 16.9 Å². The van der Waals surface area contributed by atoms with Crippen LogP contribution in [0.15, 0.2) is 42.5 Å². The SMILES string of the molecule is CCc1ccc(Nc2c(N)cccc2C(=O)O)cc1. The summed E-state index contributed by atoms with van der Waals surface area (Å²) < 4.78 is 0. The highest BCUT2D eigenvalue weighted by Crippen LogP contribution is 2.27. The van der Waals surface area contributed by atoms with Crippen LogP contribution in [0.2, 0.25) is 0 Å². The Morgan fingerprint density at radius 2 is 1.89 bits per heavy atom. The number of anilines is 3. The second-order valence-electron chi connectivity index (χ2n) is 4.25. The number of rotatable bonds is 4. The van der Waals surface area contributed by atoms with Gasteiger partial charge >= 0.3 is 5.97 Å². The first kappa shape index (κ1) is 13.0. The predicted molar refractivity (Wildman–Crippen MR) is 76.9 cm³/mol. The van der Waals surface area contributed by atoms with Crippen LogP contribution in [0, 0.1) is 0 Å². The Morgan fingerprint density at radius 1 is 1.21 bits per heavy atom. The number of carboxylic acids is 1. The van der Waals surface area contributed by atoms with E-state index in [1.54, 1.807) is 12.1 Å². The lowest BCUT2D eigenvalue weighted by molar-refractivity contribution is 0.0698. The molecule has 0 fully saturated rings. The fraction of sp³-hybridized carbons (Fsp3) is 0.133. The van der Waals surface area contributed by atoms with Gasteiger partial charge in [0, 0.05) is 5.69 Å². The number of aromatic carboxylic acids is 1. The van der Waals surface area contributed by atoms with Crippen LogP contribution < -0.4 is 11.1 Å². The van der Waals surface area contributed by atoms with Gasteiger partial charge in [0.15, 0.2) is 0 Å². The Morgan fingerprint density at radius 3 is 2.47 bits per heavy atom. The summed E-state index contributed by atoms with van der Waals surface area (Å²) in [7, 11) is 0. The fourth-order valence-electron chi connectivity index (χ4n) is 1.86. The summed E-state index contributed by atoms with van der Waals surface area (Å²) in [6.07, 6.45) is 0.966. The number of nitrogen functional groups attached to an aromatic ring is 1. The largest absolute Gasteiger partial charge is 0.478 e. The molecule has 4 heteroatoms. The van der Waals surface area contributed by atoms with Crippen molar-refractivity contribution < 1.29 is 9.90 Å². The van der Waals surface area contributed by atoms with Gasteiger partial charge in [-0.25, -0.2) is 4.79 Å². The van der Waals surface area contributed by atoms with Crippen LogP contribution in [0.4, 0.5) is 17.1 Å². The van der Waals surface area contributed by atoms with Crippen molar-refractivity contribution in [2.24, 2.45) is 0 Å². The maximum atomic E-state index is 11.2. The van der Waals surface area contributed by atoms with E-state index >= 15 is 0 Å². The van der Waals surface area contributed by atoms with E-state index in [2.05, 4.69) is 12.2 Å². The molecule has 2 aromatic rings. The third kappa shape index (κ3) is 2.85. The van der Waals surface area contributed by atoms with E-state index in [1.165, 1.54) is 11.6 Å². The Hall–Kier alpha value is -2.49. The third-order valence-electron chi connectivity index (χ3n) is 2.96. The molecule has 0 saturated heterocycles. The molecular weight excluding hydrogens is 240 g/mol. The van der Waals surface area contributed by atoms with Gasteiger partial charge in [0.2, 0.25) is 0 Å². The van der Waals surface area contributed by atoms with Gasteiger partial charge in [-0.1, -0.05) is 25.1 Å². The zero-order chi connectivity index (χ0) is 13.8. The van der Waals surface area contributed by atoms with Crippen molar-refractivity contribution in [3.63, 3.8) is 0 Å². The molecule has 2 aromatic carbocycles. The second-order valence-corrected chi connectivity index (χ2v) is 4.25. The maximum Gasteiger partial charge on any atom is 0.337 e. The van der Waals surface area contributed by atoms with E-state index in [0.29, 0.717) is 11.4 Å². The number of nitrogens with two attached hydrogens (primary N) is 1. The summed E-state index contributed by atoms with van der Waals surface area (Å²) in [6, 6.07) is 12.7. The first-order valence-electron chi connectivity index (χ1n) is 6.09. The normalized spacial score (nSPS) is 10.2. The average Bonchev–Trinajstić information content (AvgIpc) is 2.41. The Labute approximate surface area is 111 Å². The van der Waals surface area contributed by atoms with Gasteiger partial charge in [-0.05, 0) is 36.2 Å². The number of carboxylic acid groups (broad SMARTS) is 1. The van der Waals surface area contributed by atoms with Crippen LogP contribution in [-0.4, -0.2) is 11.1 Å². The average molecular weight is 256 g/mol. The number of aryl methyl sites for hydroxylation is 1.